The van der Waals surface area contributed by atoms with Crippen LogP contribution in [0.25, 0.3) is 11.3 Å². The SMILES string of the molecule is CC(C)CCNCc1ccc(-c2ccc(NC(=O)C(F)(F)F)cc2)o1. The maximum Gasteiger partial charge on any atom is 0.471 e. The van der Waals surface area contributed by atoms with Crippen molar-refractivity contribution in [3.05, 3.63) is 42.2 Å². The highest BCUT2D eigenvalue weighted by atomic mass is 19.4. The van der Waals surface area contributed by atoms with Crippen molar-refractivity contribution in [2.45, 2.75) is 33.0 Å². The first kappa shape index (κ1) is 19.1. The lowest BCUT2D eigenvalue weighted by Gasteiger charge is -2.08. The van der Waals surface area contributed by atoms with Crippen LogP contribution in [0, 0.1) is 5.92 Å². The lowest BCUT2D eigenvalue weighted by Crippen LogP contribution is -2.29. The molecule has 0 saturated heterocycles. The molecule has 0 saturated carbocycles. The van der Waals surface area contributed by atoms with Crippen LogP contribution in [0.1, 0.15) is 26.0 Å². The number of nitrogens with one attached hydrogen (secondary N) is 2. The third-order valence-electron chi connectivity index (χ3n) is 3.54. The van der Waals surface area contributed by atoms with Gasteiger partial charge in [0.05, 0.1) is 6.54 Å². The Labute approximate surface area is 144 Å². The van der Waals surface area contributed by atoms with Crippen LogP contribution in [-0.2, 0) is 11.3 Å². The van der Waals surface area contributed by atoms with E-state index in [2.05, 4.69) is 19.2 Å². The minimum atomic E-state index is -4.91. The number of furan rings is 1. The fraction of sp³-hybridized carbons (Fsp3) is 0.389. The first-order valence-electron chi connectivity index (χ1n) is 8.03. The van der Waals surface area contributed by atoms with Gasteiger partial charge in [0.15, 0.2) is 0 Å². The van der Waals surface area contributed by atoms with Gasteiger partial charge in [-0.15, -0.1) is 0 Å². The van der Waals surface area contributed by atoms with Crippen molar-refractivity contribution in [3.8, 4) is 11.3 Å². The highest BCUT2D eigenvalue weighted by Crippen LogP contribution is 2.25. The standard InChI is InChI=1S/C18H21F3N2O2/c1-12(2)9-10-22-11-15-7-8-16(25-15)13-3-5-14(6-4-13)23-17(24)18(19,20)21/h3-8,12,22H,9-11H2,1-2H3,(H,23,24). The fourth-order valence-corrected chi connectivity index (χ4v) is 2.15. The van der Waals surface area contributed by atoms with E-state index in [1.54, 1.807) is 17.4 Å². The van der Waals surface area contributed by atoms with Gasteiger partial charge < -0.3 is 15.1 Å². The van der Waals surface area contributed by atoms with Crippen molar-refractivity contribution in [1.29, 1.82) is 0 Å². The summed E-state index contributed by atoms with van der Waals surface area (Å²) in [7, 11) is 0. The molecule has 0 spiro atoms. The second-order valence-electron chi connectivity index (χ2n) is 6.15. The summed E-state index contributed by atoms with van der Waals surface area (Å²) in [6.07, 6.45) is -3.82. The molecule has 25 heavy (non-hydrogen) atoms. The summed E-state index contributed by atoms with van der Waals surface area (Å²) in [5, 5.41) is 5.10. The van der Waals surface area contributed by atoms with E-state index in [1.165, 1.54) is 12.1 Å². The maximum absolute atomic E-state index is 12.2. The van der Waals surface area contributed by atoms with Gasteiger partial charge in [0.2, 0.25) is 0 Å². The van der Waals surface area contributed by atoms with Crippen molar-refractivity contribution < 1.29 is 22.4 Å². The topological polar surface area (TPSA) is 54.3 Å². The van der Waals surface area contributed by atoms with E-state index in [0.29, 0.717) is 18.2 Å². The second kappa shape index (κ2) is 8.20. The molecule has 0 fully saturated rings. The molecule has 0 atom stereocenters. The van der Waals surface area contributed by atoms with E-state index >= 15 is 0 Å². The zero-order valence-electron chi connectivity index (χ0n) is 14.1. The zero-order chi connectivity index (χ0) is 18.4. The molecular formula is C18H21F3N2O2. The number of carbonyl (C=O) groups is 1. The molecule has 1 aromatic heterocycles. The van der Waals surface area contributed by atoms with E-state index in [9.17, 15) is 18.0 Å². The van der Waals surface area contributed by atoms with Gasteiger partial charge in [0.25, 0.3) is 0 Å². The average molecular weight is 354 g/mol. The molecular weight excluding hydrogens is 333 g/mol. The van der Waals surface area contributed by atoms with Crippen molar-refractivity contribution in [1.82, 2.24) is 5.32 Å². The van der Waals surface area contributed by atoms with E-state index in [-0.39, 0.29) is 5.69 Å². The number of anilines is 1. The van der Waals surface area contributed by atoms with Crippen LogP contribution in [0.5, 0.6) is 0 Å². The van der Waals surface area contributed by atoms with Crippen LogP contribution < -0.4 is 10.6 Å². The summed E-state index contributed by atoms with van der Waals surface area (Å²) >= 11 is 0. The van der Waals surface area contributed by atoms with E-state index < -0.39 is 12.1 Å². The van der Waals surface area contributed by atoms with E-state index in [4.69, 9.17) is 4.42 Å². The van der Waals surface area contributed by atoms with Gasteiger partial charge in [-0.2, -0.15) is 13.2 Å². The van der Waals surface area contributed by atoms with Crippen molar-refractivity contribution >= 4 is 11.6 Å². The van der Waals surface area contributed by atoms with Crippen LogP contribution in [-0.4, -0.2) is 18.6 Å². The monoisotopic (exact) mass is 354 g/mol. The maximum atomic E-state index is 12.2. The summed E-state index contributed by atoms with van der Waals surface area (Å²) in [6.45, 7) is 5.84. The van der Waals surface area contributed by atoms with Crippen LogP contribution >= 0.6 is 0 Å². The van der Waals surface area contributed by atoms with Gasteiger partial charge in [-0.05, 0) is 55.3 Å². The lowest BCUT2D eigenvalue weighted by atomic mass is 10.1. The number of alkyl halides is 3. The zero-order valence-corrected chi connectivity index (χ0v) is 14.1. The Bertz CT molecular complexity index is 691. The van der Waals surface area contributed by atoms with Gasteiger partial charge in [-0.3, -0.25) is 4.79 Å². The highest BCUT2D eigenvalue weighted by Gasteiger charge is 2.38. The Morgan fingerprint density at radius 3 is 2.40 bits per heavy atom. The fourth-order valence-electron chi connectivity index (χ4n) is 2.15. The molecule has 2 aromatic rings. The first-order valence-corrected chi connectivity index (χ1v) is 8.03. The molecule has 7 heteroatoms. The molecule has 1 amide bonds. The quantitative estimate of drug-likeness (QED) is 0.716. The van der Waals surface area contributed by atoms with Gasteiger partial charge in [0, 0.05) is 11.3 Å². The molecule has 0 unspecified atom stereocenters. The molecule has 0 aliphatic rings. The molecule has 0 radical (unpaired) electrons. The summed E-state index contributed by atoms with van der Waals surface area (Å²) in [6, 6.07) is 9.67. The van der Waals surface area contributed by atoms with Gasteiger partial charge in [-0.25, -0.2) is 0 Å². The van der Waals surface area contributed by atoms with E-state index in [1.807, 2.05) is 12.1 Å². The smallest absolute Gasteiger partial charge is 0.460 e. The van der Waals surface area contributed by atoms with Crippen molar-refractivity contribution in [2.24, 2.45) is 5.92 Å². The number of benzene rings is 1. The predicted octanol–water partition coefficient (Wildman–Crippen LogP) is 4.58. The Kier molecular flexibility index (Phi) is 6.25. The minimum Gasteiger partial charge on any atom is -0.460 e. The summed E-state index contributed by atoms with van der Waals surface area (Å²) in [4.78, 5) is 10.9. The Balaban J connectivity index is 1.93. The predicted molar refractivity (Wildman–Crippen MR) is 90.0 cm³/mol. The Morgan fingerprint density at radius 1 is 1.12 bits per heavy atom. The van der Waals surface area contributed by atoms with Gasteiger partial charge in [-0.1, -0.05) is 13.8 Å². The number of rotatable bonds is 7. The van der Waals surface area contributed by atoms with Crippen LogP contribution in [0.15, 0.2) is 40.8 Å². The van der Waals surface area contributed by atoms with Gasteiger partial charge in [0.1, 0.15) is 11.5 Å². The number of amides is 1. The van der Waals surface area contributed by atoms with Crippen LogP contribution in [0.4, 0.5) is 18.9 Å². The van der Waals surface area contributed by atoms with E-state index in [0.717, 1.165) is 24.3 Å². The van der Waals surface area contributed by atoms with Crippen molar-refractivity contribution in [2.75, 3.05) is 11.9 Å². The summed E-state index contributed by atoms with van der Waals surface area (Å²) in [5.41, 5.74) is 0.798. The number of halogens is 3. The Morgan fingerprint density at radius 2 is 1.80 bits per heavy atom. The molecule has 136 valence electrons. The molecule has 0 bridgehead atoms. The number of hydrogen-bond donors (Lipinski definition) is 2. The normalized spacial score (nSPS) is 11.8. The number of carbonyl (C=O) groups excluding carboxylic acids is 1. The average Bonchev–Trinajstić information content (AvgIpc) is 3.00. The van der Waals surface area contributed by atoms with Crippen LogP contribution in [0.3, 0.4) is 0 Å². The third kappa shape index (κ3) is 5.94. The Hall–Kier alpha value is -2.28. The van der Waals surface area contributed by atoms with Crippen molar-refractivity contribution in [3.63, 3.8) is 0 Å². The largest absolute Gasteiger partial charge is 0.471 e. The molecule has 0 aliphatic carbocycles. The molecule has 1 aromatic carbocycles. The third-order valence-corrected chi connectivity index (χ3v) is 3.54. The second-order valence-corrected chi connectivity index (χ2v) is 6.15. The molecule has 4 nitrogen and oxygen atoms in total. The minimum absolute atomic E-state index is 0.0770. The summed E-state index contributed by atoms with van der Waals surface area (Å²) < 4.78 is 42.4. The number of hydrogen-bond acceptors (Lipinski definition) is 3. The molecule has 2 rings (SSSR count). The van der Waals surface area contributed by atoms with Gasteiger partial charge >= 0.3 is 12.1 Å². The molecule has 2 N–H and O–H groups in total. The highest BCUT2D eigenvalue weighted by molar-refractivity contribution is 5.95. The summed E-state index contributed by atoms with van der Waals surface area (Å²) in [5.74, 6) is 0.0478. The molecule has 0 aliphatic heterocycles. The lowest BCUT2D eigenvalue weighted by molar-refractivity contribution is -0.167. The first-order chi connectivity index (χ1) is 11.8. The van der Waals surface area contributed by atoms with Crippen LogP contribution in [0.2, 0.25) is 0 Å². The molecule has 1 heterocycles.